The summed E-state index contributed by atoms with van der Waals surface area (Å²) in [4.78, 5) is 0. The summed E-state index contributed by atoms with van der Waals surface area (Å²) in [7, 11) is 0. The third-order valence-electron chi connectivity index (χ3n) is 3.06. The van der Waals surface area contributed by atoms with E-state index in [-0.39, 0.29) is 6.10 Å². The Hall–Kier alpha value is -1.22. The fourth-order valence-electron chi connectivity index (χ4n) is 2.15. The summed E-state index contributed by atoms with van der Waals surface area (Å²) in [6.07, 6.45) is 2.88. The maximum Gasteiger partial charge on any atom is 0.0573 e. The van der Waals surface area contributed by atoms with Crippen molar-refractivity contribution in [3.05, 3.63) is 24.3 Å². The van der Waals surface area contributed by atoms with Crippen LogP contribution in [0.25, 0.3) is 0 Å². The summed E-state index contributed by atoms with van der Waals surface area (Å²) in [5.41, 5.74) is 7.61. The molecule has 1 aromatic rings. The van der Waals surface area contributed by atoms with Crippen LogP contribution in [-0.4, -0.2) is 17.8 Å². The van der Waals surface area contributed by atoms with Gasteiger partial charge in [0.15, 0.2) is 0 Å². The maximum atomic E-state index is 9.40. The van der Waals surface area contributed by atoms with Crippen LogP contribution in [0.5, 0.6) is 0 Å². The monoisotopic (exact) mass is 206 g/mol. The summed E-state index contributed by atoms with van der Waals surface area (Å²) in [6, 6.07) is 7.79. The number of nitrogen functional groups attached to an aromatic ring is 1. The normalized spacial score (nSPS) is 25.4. The van der Waals surface area contributed by atoms with Gasteiger partial charge in [0.25, 0.3) is 0 Å². The van der Waals surface area contributed by atoms with Crippen LogP contribution in [0, 0.1) is 5.92 Å². The molecule has 1 fully saturated rings. The Kier molecular flexibility index (Phi) is 3.11. The number of hydrogen-bond acceptors (Lipinski definition) is 3. The van der Waals surface area contributed by atoms with Crippen molar-refractivity contribution in [1.29, 1.82) is 0 Å². The minimum atomic E-state index is -0.0927. The van der Waals surface area contributed by atoms with Crippen molar-refractivity contribution in [3.63, 3.8) is 0 Å². The first-order chi connectivity index (χ1) is 7.25. The van der Waals surface area contributed by atoms with Gasteiger partial charge in [0, 0.05) is 6.54 Å². The second-order valence-electron chi connectivity index (χ2n) is 4.30. The molecule has 0 heterocycles. The lowest BCUT2D eigenvalue weighted by Crippen LogP contribution is -2.13. The van der Waals surface area contributed by atoms with Gasteiger partial charge in [0.1, 0.15) is 0 Å². The van der Waals surface area contributed by atoms with Gasteiger partial charge in [-0.25, -0.2) is 0 Å². The quantitative estimate of drug-likeness (QED) is 0.661. The summed E-state index contributed by atoms with van der Waals surface area (Å²) < 4.78 is 0. The van der Waals surface area contributed by atoms with E-state index in [2.05, 4.69) is 5.32 Å². The van der Waals surface area contributed by atoms with E-state index < -0.39 is 0 Å². The Bertz CT molecular complexity index is 327. The zero-order valence-corrected chi connectivity index (χ0v) is 8.82. The van der Waals surface area contributed by atoms with Crippen LogP contribution in [0.15, 0.2) is 24.3 Å². The van der Waals surface area contributed by atoms with Crippen LogP contribution in [0.2, 0.25) is 0 Å². The van der Waals surface area contributed by atoms with Gasteiger partial charge in [0.05, 0.1) is 17.5 Å². The number of nitrogens with two attached hydrogens (primary N) is 1. The highest BCUT2D eigenvalue weighted by Crippen LogP contribution is 2.26. The first-order valence-corrected chi connectivity index (χ1v) is 5.52. The topological polar surface area (TPSA) is 58.3 Å². The minimum Gasteiger partial charge on any atom is -0.397 e. The van der Waals surface area contributed by atoms with Gasteiger partial charge in [-0.1, -0.05) is 12.1 Å². The highest BCUT2D eigenvalue weighted by Gasteiger charge is 2.22. The number of aliphatic hydroxyl groups excluding tert-OH is 1. The number of nitrogens with one attached hydrogen (secondary N) is 1. The molecule has 3 heteroatoms. The van der Waals surface area contributed by atoms with E-state index in [4.69, 9.17) is 5.73 Å². The third kappa shape index (κ3) is 2.63. The zero-order chi connectivity index (χ0) is 10.7. The van der Waals surface area contributed by atoms with Crippen LogP contribution in [0.3, 0.4) is 0 Å². The maximum absolute atomic E-state index is 9.40. The molecule has 2 atom stereocenters. The molecule has 1 aromatic carbocycles. The molecule has 4 N–H and O–H groups in total. The van der Waals surface area contributed by atoms with Crippen LogP contribution in [0.4, 0.5) is 11.4 Å². The molecule has 15 heavy (non-hydrogen) atoms. The van der Waals surface area contributed by atoms with E-state index in [0.29, 0.717) is 5.92 Å². The fraction of sp³-hybridized carbons (Fsp3) is 0.500. The predicted octanol–water partition coefficient (Wildman–Crippen LogP) is 1.84. The molecule has 2 rings (SSSR count). The van der Waals surface area contributed by atoms with Gasteiger partial charge >= 0.3 is 0 Å². The van der Waals surface area contributed by atoms with Gasteiger partial charge in [-0.2, -0.15) is 0 Å². The fourth-order valence-corrected chi connectivity index (χ4v) is 2.15. The van der Waals surface area contributed by atoms with Crippen molar-refractivity contribution in [2.45, 2.75) is 25.4 Å². The molecule has 0 saturated heterocycles. The van der Waals surface area contributed by atoms with Gasteiger partial charge < -0.3 is 16.2 Å². The average Bonchev–Trinajstić information content (AvgIpc) is 2.63. The largest absolute Gasteiger partial charge is 0.397 e. The Morgan fingerprint density at radius 1 is 1.33 bits per heavy atom. The summed E-state index contributed by atoms with van der Waals surface area (Å²) >= 11 is 0. The second-order valence-corrected chi connectivity index (χ2v) is 4.30. The second kappa shape index (κ2) is 4.53. The van der Waals surface area contributed by atoms with E-state index in [0.717, 1.165) is 37.2 Å². The van der Waals surface area contributed by atoms with Crippen molar-refractivity contribution in [2.75, 3.05) is 17.6 Å². The molecule has 0 amide bonds. The minimum absolute atomic E-state index is 0.0927. The van der Waals surface area contributed by atoms with Crippen molar-refractivity contribution >= 4 is 11.4 Å². The molecule has 82 valence electrons. The lowest BCUT2D eigenvalue weighted by Gasteiger charge is -2.13. The number of aliphatic hydroxyl groups is 1. The van der Waals surface area contributed by atoms with Gasteiger partial charge in [-0.3, -0.25) is 0 Å². The molecular weight excluding hydrogens is 188 g/mol. The molecule has 1 saturated carbocycles. The number of anilines is 2. The van der Waals surface area contributed by atoms with Crippen molar-refractivity contribution in [1.82, 2.24) is 0 Å². The SMILES string of the molecule is Nc1ccccc1NCC1CCC(O)C1. The first kappa shape index (κ1) is 10.3. The average molecular weight is 206 g/mol. The first-order valence-electron chi connectivity index (χ1n) is 5.52. The molecule has 3 nitrogen and oxygen atoms in total. The Morgan fingerprint density at radius 2 is 2.13 bits per heavy atom. The molecule has 0 spiro atoms. The van der Waals surface area contributed by atoms with Crippen LogP contribution in [0.1, 0.15) is 19.3 Å². The lowest BCUT2D eigenvalue weighted by atomic mass is 10.1. The predicted molar refractivity (Wildman–Crippen MR) is 62.7 cm³/mol. The van der Waals surface area contributed by atoms with E-state index in [1.165, 1.54) is 0 Å². The highest BCUT2D eigenvalue weighted by molar-refractivity contribution is 5.65. The third-order valence-corrected chi connectivity index (χ3v) is 3.06. The van der Waals surface area contributed by atoms with E-state index in [9.17, 15) is 5.11 Å². The molecule has 0 aliphatic heterocycles. The Labute approximate surface area is 90.3 Å². The molecule has 1 aliphatic carbocycles. The van der Waals surface area contributed by atoms with Crippen LogP contribution >= 0.6 is 0 Å². The molecule has 0 bridgehead atoms. The number of hydrogen-bond donors (Lipinski definition) is 3. The van der Waals surface area contributed by atoms with Crippen molar-refractivity contribution in [2.24, 2.45) is 5.92 Å². The van der Waals surface area contributed by atoms with Crippen LogP contribution in [-0.2, 0) is 0 Å². The molecule has 0 radical (unpaired) electrons. The molecule has 0 aromatic heterocycles. The standard InChI is InChI=1S/C12H18N2O/c13-11-3-1-2-4-12(11)14-8-9-5-6-10(15)7-9/h1-4,9-10,14-15H,5-8,13H2. The van der Waals surface area contributed by atoms with E-state index >= 15 is 0 Å². The molecule has 2 unspecified atom stereocenters. The zero-order valence-electron chi connectivity index (χ0n) is 8.82. The van der Waals surface area contributed by atoms with Crippen molar-refractivity contribution in [3.8, 4) is 0 Å². The number of para-hydroxylation sites is 2. The van der Waals surface area contributed by atoms with Gasteiger partial charge in [0.2, 0.25) is 0 Å². The Morgan fingerprint density at radius 3 is 2.80 bits per heavy atom. The van der Waals surface area contributed by atoms with E-state index in [1.54, 1.807) is 0 Å². The summed E-state index contributed by atoms with van der Waals surface area (Å²) in [5, 5.41) is 12.7. The number of rotatable bonds is 3. The molecular formula is C12H18N2O. The van der Waals surface area contributed by atoms with Crippen LogP contribution < -0.4 is 11.1 Å². The Balaban J connectivity index is 1.86. The molecule has 1 aliphatic rings. The highest BCUT2D eigenvalue weighted by atomic mass is 16.3. The number of benzene rings is 1. The lowest BCUT2D eigenvalue weighted by molar-refractivity contribution is 0.178. The summed E-state index contributed by atoms with van der Waals surface area (Å²) in [6.45, 7) is 0.908. The van der Waals surface area contributed by atoms with E-state index in [1.807, 2.05) is 24.3 Å². The smallest absolute Gasteiger partial charge is 0.0573 e. The summed E-state index contributed by atoms with van der Waals surface area (Å²) in [5.74, 6) is 0.583. The van der Waals surface area contributed by atoms with Crippen molar-refractivity contribution < 1.29 is 5.11 Å². The van der Waals surface area contributed by atoms with Gasteiger partial charge in [-0.05, 0) is 37.3 Å². The van der Waals surface area contributed by atoms with Gasteiger partial charge in [-0.15, -0.1) is 0 Å².